The van der Waals surface area contributed by atoms with Crippen molar-refractivity contribution < 1.29 is 0 Å². The van der Waals surface area contributed by atoms with E-state index in [0.717, 1.165) is 46.5 Å². The average Bonchev–Trinajstić information content (AvgIpc) is 2.57. The van der Waals surface area contributed by atoms with Crippen molar-refractivity contribution in [3.63, 3.8) is 0 Å². The van der Waals surface area contributed by atoms with Crippen LogP contribution in [0.4, 0.5) is 5.82 Å². The summed E-state index contributed by atoms with van der Waals surface area (Å²) in [5.41, 5.74) is 12.3. The minimum Gasteiger partial charge on any atom is -0.369 e. The number of hydrogen-bond acceptors (Lipinski definition) is 4. The number of aryl methyl sites for hydroxylation is 3. The molecule has 3 N–H and O–H groups in total. The van der Waals surface area contributed by atoms with Crippen LogP contribution < -0.4 is 11.1 Å². The summed E-state index contributed by atoms with van der Waals surface area (Å²) >= 11 is 0. The zero-order valence-corrected chi connectivity index (χ0v) is 14.6. The molecular weight excluding hydrogens is 296 g/mol. The molecule has 0 aliphatic rings. The van der Waals surface area contributed by atoms with Crippen LogP contribution in [0.1, 0.15) is 23.1 Å². The third kappa shape index (κ3) is 3.39. The van der Waals surface area contributed by atoms with Gasteiger partial charge in [0.15, 0.2) is 0 Å². The highest BCUT2D eigenvalue weighted by Crippen LogP contribution is 2.28. The molecular formula is C20H24N4. The van der Waals surface area contributed by atoms with Gasteiger partial charge in [-0.15, -0.1) is 0 Å². The van der Waals surface area contributed by atoms with Crippen molar-refractivity contribution in [2.24, 2.45) is 5.73 Å². The van der Waals surface area contributed by atoms with Gasteiger partial charge < -0.3 is 11.1 Å². The maximum atomic E-state index is 5.61. The summed E-state index contributed by atoms with van der Waals surface area (Å²) < 4.78 is 0. The van der Waals surface area contributed by atoms with Crippen LogP contribution in [0.15, 0.2) is 36.5 Å². The molecule has 0 amide bonds. The molecule has 1 aromatic carbocycles. The normalized spacial score (nSPS) is 11.0. The predicted molar refractivity (Wildman–Crippen MR) is 101 cm³/mol. The Morgan fingerprint density at radius 3 is 2.62 bits per heavy atom. The van der Waals surface area contributed by atoms with Crippen molar-refractivity contribution in [3.8, 4) is 11.3 Å². The average molecular weight is 320 g/mol. The van der Waals surface area contributed by atoms with E-state index in [2.05, 4.69) is 54.5 Å². The van der Waals surface area contributed by atoms with Gasteiger partial charge in [-0.05, 0) is 68.6 Å². The van der Waals surface area contributed by atoms with Crippen LogP contribution in [-0.4, -0.2) is 23.1 Å². The van der Waals surface area contributed by atoms with Crippen LogP contribution in [0.25, 0.3) is 22.2 Å². The fourth-order valence-corrected chi connectivity index (χ4v) is 2.72. The number of rotatable bonds is 5. The number of fused-ring (bicyclic) bond motifs is 1. The SMILES string of the molecule is Cc1cnc2cc(-c3ccc(C)c(C)c3)nc(NCCCN)c2c1. The van der Waals surface area contributed by atoms with Crippen molar-refractivity contribution in [3.05, 3.63) is 53.2 Å². The van der Waals surface area contributed by atoms with Gasteiger partial charge in [-0.3, -0.25) is 4.98 Å². The summed E-state index contributed by atoms with van der Waals surface area (Å²) in [6, 6.07) is 10.6. The Bertz CT molecular complexity index is 871. The molecule has 0 radical (unpaired) electrons. The molecule has 3 rings (SSSR count). The Balaban J connectivity index is 2.11. The fraction of sp³-hybridized carbons (Fsp3) is 0.300. The molecule has 4 nitrogen and oxygen atoms in total. The van der Waals surface area contributed by atoms with E-state index in [4.69, 9.17) is 10.7 Å². The van der Waals surface area contributed by atoms with Crippen molar-refractivity contribution in [1.82, 2.24) is 9.97 Å². The number of nitrogens with two attached hydrogens (primary N) is 1. The molecule has 3 aromatic rings. The van der Waals surface area contributed by atoms with E-state index in [1.54, 1.807) is 0 Å². The second-order valence-corrected chi connectivity index (χ2v) is 6.30. The summed E-state index contributed by atoms with van der Waals surface area (Å²) in [4.78, 5) is 9.45. The van der Waals surface area contributed by atoms with Crippen LogP contribution in [0.3, 0.4) is 0 Å². The van der Waals surface area contributed by atoms with Crippen LogP contribution in [0.2, 0.25) is 0 Å². The summed E-state index contributed by atoms with van der Waals surface area (Å²) in [6.07, 6.45) is 2.81. The lowest BCUT2D eigenvalue weighted by atomic mass is 10.0. The second-order valence-electron chi connectivity index (χ2n) is 6.30. The summed E-state index contributed by atoms with van der Waals surface area (Å²) in [5, 5.41) is 4.48. The Morgan fingerprint density at radius 2 is 1.88 bits per heavy atom. The third-order valence-corrected chi connectivity index (χ3v) is 4.29. The van der Waals surface area contributed by atoms with E-state index >= 15 is 0 Å². The van der Waals surface area contributed by atoms with Crippen LogP contribution in [0.5, 0.6) is 0 Å². The van der Waals surface area contributed by atoms with E-state index in [1.165, 1.54) is 11.1 Å². The number of benzene rings is 1. The standard InChI is InChI=1S/C20H24N4/c1-13-9-17-19(23-12-13)11-18(24-20(17)22-8-4-7-21)16-6-5-14(2)15(3)10-16/h5-6,9-12H,4,7-8,21H2,1-3H3,(H,22,24). The number of hydrogen-bond donors (Lipinski definition) is 2. The quantitative estimate of drug-likeness (QED) is 0.698. The number of anilines is 1. The van der Waals surface area contributed by atoms with Crippen LogP contribution in [-0.2, 0) is 0 Å². The van der Waals surface area contributed by atoms with Crippen molar-refractivity contribution in [2.75, 3.05) is 18.4 Å². The van der Waals surface area contributed by atoms with Crippen LogP contribution in [0, 0.1) is 20.8 Å². The summed E-state index contributed by atoms with van der Waals surface area (Å²) in [7, 11) is 0. The molecule has 124 valence electrons. The maximum absolute atomic E-state index is 5.61. The smallest absolute Gasteiger partial charge is 0.136 e. The van der Waals surface area contributed by atoms with Crippen LogP contribution >= 0.6 is 0 Å². The fourth-order valence-electron chi connectivity index (χ4n) is 2.72. The molecule has 2 aromatic heterocycles. The van der Waals surface area contributed by atoms with E-state index in [0.29, 0.717) is 6.54 Å². The topological polar surface area (TPSA) is 63.8 Å². The van der Waals surface area contributed by atoms with E-state index in [-0.39, 0.29) is 0 Å². The van der Waals surface area contributed by atoms with E-state index in [1.807, 2.05) is 13.1 Å². The molecule has 0 saturated carbocycles. The van der Waals surface area contributed by atoms with Crippen molar-refractivity contribution in [1.29, 1.82) is 0 Å². The van der Waals surface area contributed by atoms with Crippen molar-refractivity contribution >= 4 is 16.7 Å². The largest absolute Gasteiger partial charge is 0.369 e. The Morgan fingerprint density at radius 1 is 1.04 bits per heavy atom. The molecule has 0 saturated heterocycles. The van der Waals surface area contributed by atoms with Gasteiger partial charge in [0.25, 0.3) is 0 Å². The highest BCUT2D eigenvalue weighted by Gasteiger charge is 2.09. The highest BCUT2D eigenvalue weighted by molar-refractivity contribution is 5.92. The second kappa shape index (κ2) is 6.97. The number of pyridine rings is 2. The summed E-state index contributed by atoms with van der Waals surface area (Å²) in [5.74, 6) is 0.880. The number of aromatic nitrogens is 2. The molecule has 0 spiro atoms. The Hall–Kier alpha value is -2.46. The lowest BCUT2D eigenvalue weighted by Gasteiger charge is -2.12. The van der Waals surface area contributed by atoms with Gasteiger partial charge in [0.1, 0.15) is 5.82 Å². The molecule has 0 bridgehead atoms. The number of nitrogens with zero attached hydrogens (tertiary/aromatic N) is 2. The van der Waals surface area contributed by atoms with Crippen molar-refractivity contribution in [2.45, 2.75) is 27.2 Å². The first kappa shape index (κ1) is 16.4. The van der Waals surface area contributed by atoms with Gasteiger partial charge in [0.05, 0.1) is 11.2 Å². The first-order chi connectivity index (χ1) is 11.6. The molecule has 2 heterocycles. The summed E-state index contributed by atoms with van der Waals surface area (Å²) in [6.45, 7) is 7.77. The minimum absolute atomic E-state index is 0.666. The minimum atomic E-state index is 0.666. The lowest BCUT2D eigenvalue weighted by molar-refractivity contribution is 0.871. The Labute approximate surface area is 143 Å². The highest BCUT2D eigenvalue weighted by atomic mass is 15.0. The van der Waals surface area contributed by atoms with Gasteiger partial charge in [-0.1, -0.05) is 12.1 Å². The monoisotopic (exact) mass is 320 g/mol. The van der Waals surface area contributed by atoms with E-state index in [9.17, 15) is 0 Å². The first-order valence-corrected chi connectivity index (χ1v) is 8.37. The molecule has 0 unspecified atom stereocenters. The molecule has 4 heteroatoms. The van der Waals surface area contributed by atoms with Gasteiger partial charge in [0, 0.05) is 23.7 Å². The number of nitrogens with one attached hydrogen (secondary N) is 1. The molecule has 0 fully saturated rings. The van der Waals surface area contributed by atoms with E-state index < -0.39 is 0 Å². The molecule has 0 aliphatic carbocycles. The zero-order chi connectivity index (χ0) is 17.1. The van der Waals surface area contributed by atoms with Gasteiger partial charge in [0.2, 0.25) is 0 Å². The maximum Gasteiger partial charge on any atom is 0.136 e. The molecule has 0 aliphatic heterocycles. The van der Waals surface area contributed by atoms with Gasteiger partial charge in [-0.25, -0.2) is 4.98 Å². The zero-order valence-electron chi connectivity index (χ0n) is 14.6. The predicted octanol–water partition coefficient (Wildman–Crippen LogP) is 3.98. The van der Waals surface area contributed by atoms with Gasteiger partial charge in [-0.2, -0.15) is 0 Å². The Kier molecular flexibility index (Phi) is 4.76. The van der Waals surface area contributed by atoms with Gasteiger partial charge >= 0.3 is 0 Å². The first-order valence-electron chi connectivity index (χ1n) is 8.37. The molecule has 24 heavy (non-hydrogen) atoms. The lowest BCUT2D eigenvalue weighted by Crippen LogP contribution is -2.10. The third-order valence-electron chi connectivity index (χ3n) is 4.29. The molecule has 0 atom stereocenters.